The maximum atomic E-state index is 12.4. The van der Waals surface area contributed by atoms with Crippen molar-refractivity contribution in [3.8, 4) is 0 Å². The fourth-order valence-corrected chi connectivity index (χ4v) is 2.44. The van der Waals surface area contributed by atoms with Crippen molar-refractivity contribution in [2.75, 3.05) is 7.05 Å². The Bertz CT molecular complexity index is 1020. The molecule has 10 nitrogen and oxygen atoms in total. The van der Waals surface area contributed by atoms with E-state index in [1.165, 1.54) is 7.05 Å². The van der Waals surface area contributed by atoms with Gasteiger partial charge in [0.05, 0.1) is 23.5 Å². The molecule has 2 aromatic heterocycles. The Morgan fingerprint density at radius 3 is 2.73 bits per heavy atom. The van der Waals surface area contributed by atoms with Gasteiger partial charge in [-0.05, 0) is 13.0 Å². The molecule has 2 heterocycles. The van der Waals surface area contributed by atoms with E-state index in [1.54, 1.807) is 31.2 Å². The summed E-state index contributed by atoms with van der Waals surface area (Å²) in [7, 11) is 1.45. The van der Waals surface area contributed by atoms with E-state index >= 15 is 0 Å². The second-order valence-corrected chi connectivity index (χ2v) is 5.51. The lowest BCUT2D eigenvalue weighted by molar-refractivity contribution is -0.122. The number of amides is 2. The quantitative estimate of drug-likeness (QED) is 0.587. The highest BCUT2D eigenvalue weighted by Gasteiger charge is 2.21. The molecule has 0 saturated carbocycles. The van der Waals surface area contributed by atoms with Crippen LogP contribution in [-0.4, -0.2) is 39.2 Å². The summed E-state index contributed by atoms with van der Waals surface area (Å²) in [6.07, 6.45) is 0. The maximum absolute atomic E-state index is 12.4. The second kappa shape index (κ2) is 7.13. The van der Waals surface area contributed by atoms with E-state index in [0.717, 1.165) is 0 Å². The molecule has 1 atom stereocenters. The number of aromatic amines is 1. The summed E-state index contributed by atoms with van der Waals surface area (Å²) in [5, 5.41) is 16.0. The van der Waals surface area contributed by atoms with Crippen molar-refractivity contribution in [1.82, 2.24) is 31.0 Å². The van der Waals surface area contributed by atoms with E-state index < -0.39 is 11.8 Å². The third-order valence-electron chi connectivity index (χ3n) is 3.84. The van der Waals surface area contributed by atoms with Gasteiger partial charge in [0.2, 0.25) is 11.8 Å². The predicted octanol–water partition coefficient (Wildman–Crippen LogP) is 0.0856. The van der Waals surface area contributed by atoms with E-state index in [9.17, 15) is 14.4 Å². The molecule has 3 aromatic rings. The zero-order valence-electron chi connectivity index (χ0n) is 14.1. The predicted molar refractivity (Wildman–Crippen MR) is 90.3 cm³/mol. The van der Waals surface area contributed by atoms with E-state index in [4.69, 9.17) is 4.52 Å². The lowest BCUT2D eigenvalue weighted by atomic mass is 10.0. The van der Waals surface area contributed by atoms with E-state index in [-0.39, 0.29) is 29.7 Å². The van der Waals surface area contributed by atoms with E-state index in [2.05, 4.69) is 31.0 Å². The Hall–Kier alpha value is -3.56. The lowest BCUT2D eigenvalue weighted by Crippen LogP contribution is -2.29. The molecule has 2 amide bonds. The first-order valence-electron chi connectivity index (χ1n) is 7.81. The van der Waals surface area contributed by atoms with Crippen LogP contribution in [0.3, 0.4) is 0 Å². The highest BCUT2D eigenvalue weighted by molar-refractivity contribution is 5.91. The van der Waals surface area contributed by atoms with Crippen LogP contribution in [0.2, 0.25) is 0 Å². The summed E-state index contributed by atoms with van der Waals surface area (Å²) in [6, 6.07) is 6.93. The van der Waals surface area contributed by atoms with Crippen LogP contribution in [0.5, 0.6) is 0 Å². The zero-order valence-corrected chi connectivity index (χ0v) is 14.1. The van der Waals surface area contributed by atoms with Crippen LogP contribution in [0.25, 0.3) is 10.8 Å². The molecular formula is C16H16N6O4. The monoisotopic (exact) mass is 356 g/mol. The van der Waals surface area contributed by atoms with Gasteiger partial charge in [0.1, 0.15) is 0 Å². The van der Waals surface area contributed by atoms with E-state index in [1.807, 2.05) is 0 Å². The summed E-state index contributed by atoms with van der Waals surface area (Å²) < 4.78 is 4.91. The van der Waals surface area contributed by atoms with Gasteiger partial charge in [-0.15, -0.1) is 0 Å². The fourth-order valence-electron chi connectivity index (χ4n) is 2.44. The van der Waals surface area contributed by atoms with Gasteiger partial charge in [-0.1, -0.05) is 23.4 Å². The number of rotatable bonds is 5. The van der Waals surface area contributed by atoms with Crippen LogP contribution in [0, 0.1) is 0 Å². The lowest BCUT2D eigenvalue weighted by Gasteiger charge is -2.12. The van der Waals surface area contributed by atoms with Crippen LogP contribution in [-0.2, 0) is 11.3 Å². The molecule has 3 rings (SSSR count). The molecule has 0 saturated heterocycles. The zero-order chi connectivity index (χ0) is 18.7. The highest BCUT2D eigenvalue weighted by Crippen LogP contribution is 2.20. The SMILES string of the molecule is CNC(=O)c1noc(CNC(=O)C(C)c2n[nH]c(=O)c3ccccc23)n1. The molecule has 0 aliphatic rings. The van der Waals surface area contributed by atoms with Crippen LogP contribution >= 0.6 is 0 Å². The van der Waals surface area contributed by atoms with Gasteiger partial charge < -0.3 is 15.2 Å². The number of hydrogen-bond donors (Lipinski definition) is 3. The van der Waals surface area contributed by atoms with Gasteiger partial charge in [0.25, 0.3) is 17.3 Å². The minimum absolute atomic E-state index is 0.0333. The highest BCUT2D eigenvalue weighted by atomic mass is 16.5. The number of hydrogen-bond acceptors (Lipinski definition) is 7. The number of carbonyl (C=O) groups is 2. The Balaban J connectivity index is 1.74. The van der Waals surface area contributed by atoms with Crippen LogP contribution in [0.15, 0.2) is 33.6 Å². The summed E-state index contributed by atoms with van der Waals surface area (Å²) in [5.41, 5.74) is 0.138. The van der Waals surface area contributed by atoms with Crippen molar-refractivity contribution < 1.29 is 14.1 Å². The fraction of sp³-hybridized carbons (Fsp3) is 0.250. The molecule has 134 valence electrons. The number of fused-ring (bicyclic) bond motifs is 1. The van der Waals surface area contributed by atoms with E-state index in [0.29, 0.717) is 16.5 Å². The number of aromatic nitrogens is 4. The Morgan fingerprint density at radius 1 is 1.27 bits per heavy atom. The van der Waals surface area contributed by atoms with Crippen LogP contribution < -0.4 is 16.2 Å². The smallest absolute Gasteiger partial charge is 0.292 e. The molecule has 1 aromatic carbocycles. The van der Waals surface area contributed by atoms with Crippen molar-refractivity contribution in [3.05, 3.63) is 52.0 Å². The number of benzene rings is 1. The summed E-state index contributed by atoms with van der Waals surface area (Å²) in [6.45, 7) is 1.64. The van der Waals surface area contributed by atoms with Gasteiger partial charge >= 0.3 is 0 Å². The molecule has 0 aliphatic carbocycles. The first-order chi connectivity index (χ1) is 12.5. The van der Waals surface area contributed by atoms with Crippen molar-refractivity contribution in [3.63, 3.8) is 0 Å². The summed E-state index contributed by atoms with van der Waals surface area (Å²) in [4.78, 5) is 39.5. The van der Waals surface area contributed by atoms with Crippen LogP contribution in [0.4, 0.5) is 0 Å². The minimum Gasteiger partial charge on any atom is -0.352 e. The third kappa shape index (κ3) is 3.29. The number of H-pyrrole nitrogens is 1. The van der Waals surface area contributed by atoms with Gasteiger partial charge in [0.15, 0.2) is 0 Å². The Labute approximate surface area is 147 Å². The molecule has 1 unspecified atom stereocenters. The molecule has 0 bridgehead atoms. The van der Waals surface area contributed by atoms with Crippen LogP contribution in [0.1, 0.15) is 35.0 Å². The maximum Gasteiger partial charge on any atom is 0.292 e. The topological polar surface area (TPSA) is 143 Å². The first kappa shape index (κ1) is 17.3. The molecule has 10 heteroatoms. The molecular weight excluding hydrogens is 340 g/mol. The standard InChI is InChI=1S/C16H16N6O4/c1-8(12-9-5-3-4-6-10(9)15(24)21-20-12)14(23)18-7-11-19-13(22-26-11)16(25)17-2/h3-6,8H,7H2,1-2H3,(H,17,25)(H,18,23)(H,21,24). The van der Waals surface area contributed by atoms with Crippen molar-refractivity contribution in [2.24, 2.45) is 0 Å². The molecule has 0 spiro atoms. The number of nitrogens with zero attached hydrogens (tertiary/aromatic N) is 3. The average molecular weight is 356 g/mol. The Kier molecular flexibility index (Phi) is 4.74. The summed E-state index contributed by atoms with van der Waals surface area (Å²) >= 11 is 0. The molecule has 0 fully saturated rings. The molecule has 3 N–H and O–H groups in total. The third-order valence-corrected chi connectivity index (χ3v) is 3.84. The first-order valence-corrected chi connectivity index (χ1v) is 7.81. The Morgan fingerprint density at radius 2 is 2.00 bits per heavy atom. The molecule has 0 aliphatic heterocycles. The van der Waals surface area contributed by atoms with Gasteiger partial charge in [-0.3, -0.25) is 14.4 Å². The summed E-state index contributed by atoms with van der Waals surface area (Å²) in [5.74, 6) is -1.46. The van der Waals surface area contributed by atoms with Gasteiger partial charge in [-0.2, -0.15) is 10.1 Å². The van der Waals surface area contributed by atoms with Crippen molar-refractivity contribution in [2.45, 2.75) is 19.4 Å². The second-order valence-electron chi connectivity index (χ2n) is 5.51. The number of carbonyl (C=O) groups excluding carboxylic acids is 2. The van der Waals surface area contributed by atoms with Crippen molar-refractivity contribution in [1.29, 1.82) is 0 Å². The largest absolute Gasteiger partial charge is 0.352 e. The van der Waals surface area contributed by atoms with Crippen molar-refractivity contribution >= 4 is 22.6 Å². The average Bonchev–Trinajstić information content (AvgIpc) is 3.14. The molecule has 0 radical (unpaired) electrons. The normalized spacial score (nSPS) is 11.9. The minimum atomic E-state index is -0.627. The molecule has 26 heavy (non-hydrogen) atoms. The van der Waals surface area contributed by atoms with Gasteiger partial charge in [-0.25, -0.2) is 5.10 Å². The van der Waals surface area contributed by atoms with Gasteiger partial charge in [0, 0.05) is 12.4 Å². The number of nitrogens with one attached hydrogen (secondary N) is 3.